The van der Waals surface area contributed by atoms with Crippen LogP contribution in [-0.2, 0) is 4.79 Å². The van der Waals surface area contributed by atoms with Gasteiger partial charge < -0.3 is 15.0 Å². The molecule has 0 radical (unpaired) electrons. The molecule has 0 aromatic heterocycles. The molecule has 0 bridgehead atoms. The van der Waals surface area contributed by atoms with Gasteiger partial charge in [0, 0.05) is 12.1 Å². The van der Waals surface area contributed by atoms with E-state index in [1.165, 1.54) is 11.8 Å². The zero-order chi connectivity index (χ0) is 20.5. The van der Waals surface area contributed by atoms with Crippen LogP contribution in [0.15, 0.2) is 41.3 Å². The number of nitrogens with zero attached hydrogens (tertiary/aromatic N) is 1. The Labute approximate surface area is 187 Å². The van der Waals surface area contributed by atoms with Gasteiger partial charge in [-0.1, -0.05) is 53.2 Å². The van der Waals surface area contributed by atoms with Crippen molar-refractivity contribution in [3.63, 3.8) is 0 Å². The highest BCUT2D eigenvalue weighted by Crippen LogP contribution is 2.35. The fourth-order valence-corrected chi connectivity index (χ4v) is 4.39. The highest BCUT2D eigenvalue weighted by molar-refractivity contribution is 8.26. The van der Waals surface area contributed by atoms with E-state index >= 15 is 0 Å². The van der Waals surface area contributed by atoms with Crippen LogP contribution in [0.3, 0.4) is 0 Å². The molecule has 1 N–H and O–H groups in total. The number of rotatable bonds is 2. The number of thiocarbonyl (C=S) groups is 1. The highest BCUT2D eigenvalue weighted by Gasteiger charge is 2.25. The van der Waals surface area contributed by atoms with Gasteiger partial charge in [0.25, 0.3) is 11.8 Å². The van der Waals surface area contributed by atoms with Crippen LogP contribution in [0.2, 0.25) is 10.0 Å². The van der Waals surface area contributed by atoms with E-state index in [0.29, 0.717) is 55.8 Å². The number of carbonyl (C=O) groups is 2. The standard InChI is InChI=1S/C20H14Cl2N2O3S2/c21-13-4-3-12(10-14(13)22)19(26)24-6-1-7-27-16-5-2-11(8-15(16)24)9-17-18(25)23-20(28)29-17/h2-5,8-10H,1,6-7H2,(H,23,25,28). The fraction of sp³-hybridized carbons (Fsp3) is 0.150. The van der Waals surface area contributed by atoms with Crippen molar-refractivity contribution in [1.29, 1.82) is 0 Å². The van der Waals surface area contributed by atoms with Gasteiger partial charge in [0.2, 0.25) is 0 Å². The molecule has 5 nitrogen and oxygen atoms in total. The predicted octanol–water partition coefficient (Wildman–Crippen LogP) is 4.91. The summed E-state index contributed by atoms with van der Waals surface area (Å²) in [6, 6.07) is 10.3. The number of amides is 2. The molecule has 0 spiro atoms. The Morgan fingerprint density at radius 1 is 1.21 bits per heavy atom. The lowest BCUT2D eigenvalue weighted by molar-refractivity contribution is -0.115. The van der Waals surface area contributed by atoms with Gasteiger partial charge in [-0.3, -0.25) is 9.59 Å². The maximum atomic E-state index is 13.2. The largest absolute Gasteiger partial charge is 0.491 e. The summed E-state index contributed by atoms with van der Waals surface area (Å²) in [6.07, 6.45) is 2.43. The van der Waals surface area contributed by atoms with Gasteiger partial charge in [-0.25, -0.2) is 0 Å². The molecule has 148 valence electrons. The lowest BCUT2D eigenvalue weighted by Gasteiger charge is -2.22. The third kappa shape index (κ3) is 4.28. The third-order valence-electron chi connectivity index (χ3n) is 4.41. The van der Waals surface area contributed by atoms with Crippen molar-refractivity contribution in [2.24, 2.45) is 0 Å². The van der Waals surface area contributed by atoms with Crippen LogP contribution in [0.5, 0.6) is 5.75 Å². The average Bonchev–Trinajstić information content (AvgIpc) is 2.89. The Hall–Kier alpha value is -2.06. The minimum atomic E-state index is -0.227. The first-order valence-corrected chi connectivity index (χ1v) is 10.7. The van der Waals surface area contributed by atoms with Crippen molar-refractivity contribution in [2.45, 2.75) is 6.42 Å². The van der Waals surface area contributed by atoms with Crippen LogP contribution in [-0.4, -0.2) is 29.3 Å². The summed E-state index contributed by atoms with van der Waals surface area (Å²) in [5.74, 6) is 0.182. The minimum absolute atomic E-state index is 0.200. The summed E-state index contributed by atoms with van der Waals surface area (Å²) >= 11 is 18.3. The molecule has 0 atom stereocenters. The molecular weight excluding hydrogens is 451 g/mol. The van der Waals surface area contributed by atoms with Gasteiger partial charge in [-0.2, -0.15) is 0 Å². The number of carbonyl (C=O) groups excluding carboxylic acids is 2. The maximum absolute atomic E-state index is 13.2. The average molecular weight is 465 g/mol. The summed E-state index contributed by atoms with van der Waals surface area (Å²) < 4.78 is 6.23. The molecule has 2 amide bonds. The van der Waals surface area contributed by atoms with Crippen molar-refractivity contribution in [1.82, 2.24) is 5.32 Å². The lowest BCUT2D eigenvalue weighted by Crippen LogP contribution is -2.31. The summed E-state index contributed by atoms with van der Waals surface area (Å²) in [4.78, 5) is 27.3. The smallest absolute Gasteiger partial charge is 0.263 e. The molecule has 2 aromatic rings. The van der Waals surface area contributed by atoms with Crippen molar-refractivity contribution >= 4 is 75.1 Å². The van der Waals surface area contributed by atoms with Crippen molar-refractivity contribution in [2.75, 3.05) is 18.1 Å². The normalized spacial score (nSPS) is 17.6. The van der Waals surface area contributed by atoms with Crippen molar-refractivity contribution in [3.8, 4) is 5.75 Å². The van der Waals surface area contributed by atoms with Crippen LogP contribution in [0.4, 0.5) is 5.69 Å². The minimum Gasteiger partial charge on any atom is -0.491 e. The Kier molecular flexibility index (Phi) is 5.83. The van der Waals surface area contributed by atoms with E-state index in [2.05, 4.69) is 5.32 Å². The molecule has 1 fully saturated rings. The van der Waals surface area contributed by atoms with Crippen LogP contribution in [0.25, 0.3) is 6.08 Å². The molecule has 2 heterocycles. The zero-order valence-corrected chi connectivity index (χ0v) is 18.1. The van der Waals surface area contributed by atoms with Crippen LogP contribution in [0.1, 0.15) is 22.3 Å². The van der Waals surface area contributed by atoms with Gasteiger partial charge in [0.05, 0.1) is 27.2 Å². The van der Waals surface area contributed by atoms with Crippen LogP contribution < -0.4 is 15.0 Å². The van der Waals surface area contributed by atoms with Gasteiger partial charge in [-0.15, -0.1) is 0 Å². The van der Waals surface area contributed by atoms with Gasteiger partial charge in [-0.05, 0) is 48.4 Å². The van der Waals surface area contributed by atoms with E-state index in [1.807, 2.05) is 12.1 Å². The SMILES string of the molecule is O=C1NC(=S)SC1=Cc1ccc2c(c1)N(C(=O)c1ccc(Cl)c(Cl)c1)CCCO2. The van der Waals surface area contributed by atoms with Gasteiger partial charge in [0.1, 0.15) is 10.1 Å². The molecule has 0 aliphatic carbocycles. The number of halogens is 2. The number of thioether (sulfide) groups is 1. The molecule has 2 aromatic carbocycles. The van der Waals surface area contributed by atoms with Gasteiger partial charge in [0.15, 0.2) is 0 Å². The topological polar surface area (TPSA) is 58.6 Å². The molecule has 29 heavy (non-hydrogen) atoms. The summed E-state index contributed by atoms with van der Waals surface area (Å²) in [6.45, 7) is 0.997. The summed E-state index contributed by atoms with van der Waals surface area (Å²) in [7, 11) is 0. The first-order valence-electron chi connectivity index (χ1n) is 8.71. The van der Waals surface area contributed by atoms with E-state index < -0.39 is 0 Å². The van der Waals surface area contributed by atoms with Crippen molar-refractivity contribution < 1.29 is 14.3 Å². The molecule has 9 heteroatoms. The Bertz CT molecular complexity index is 1070. The van der Waals surface area contributed by atoms with Crippen molar-refractivity contribution in [3.05, 3.63) is 62.5 Å². The summed E-state index contributed by atoms with van der Waals surface area (Å²) in [5, 5.41) is 3.30. The second kappa shape index (κ2) is 8.36. The molecule has 0 unspecified atom stereocenters. The van der Waals surface area contributed by atoms with E-state index in [9.17, 15) is 9.59 Å². The molecule has 2 aliphatic heterocycles. The van der Waals surface area contributed by atoms with Crippen LogP contribution in [0, 0.1) is 0 Å². The number of ether oxygens (including phenoxy) is 1. The number of anilines is 1. The molecular formula is C20H14Cl2N2O3S2. The lowest BCUT2D eigenvalue weighted by atomic mass is 10.1. The first-order chi connectivity index (χ1) is 13.9. The van der Waals surface area contributed by atoms with E-state index in [0.717, 1.165) is 5.56 Å². The second-order valence-electron chi connectivity index (χ2n) is 6.37. The monoisotopic (exact) mass is 464 g/mol. The number of hydrogen-bond donors (Lipinski definition) is 1. The molecule has 2 aliphatic rings. The second-order valence-corrected chi connectivity index (χ2v) is 8.90. The predicted molar refractivity (Wildman–Crippen MR) is 121 cm³/mol. The quantitative estimate of drug-likeness (QED) is 0.505. The number of nitrogens with one attached hydrogen (secondary N) is 1. The summed E-state index contributed by atoms with van der Waals surface area (Å²) in [5.41, 5.74) is 1.84. The fourth-order valence-electron chi connectivity index (χ4n) is 3.05. The van der Waals surface area contributed by atoms with E-state index in [1.54, 1.807) is 35.2 Å². The Morgan fingerprint density at radius 2 is 2.03 bits per heavy atom. The number of benzene rings is 2. The first kappa shape index (κ1) is 20.2. The Morgan fingerprint density at radius 3 is 2.76 bits per heavy atom. The highest BCUT2D eigenvalue weighted by atomic mass is 35.5. The molecule has 1 saturated heterocycles. The third-order valence-corrected chi connectivity index (χ3v) is 6.31. The molecule has 4 rings (SSSR count). The number of fused-ring (bicyclic) bond motifs is 1. The number of hydrogen-bond acceptors (Lipinski definition) is 5. The van der Waals surface area contributed by atoms with E-state index in [-0.39, 0.29) is 11.8 Å². The zero-order valence-electron chi connectivity index (χ0n) is 14.9. The molecule has 0 saturated carbocycles. The van der Waals surface area contributed by atoms with Gasteiger partial charge >= 0.3 is 0 Å². The maximum Gasteiger partial charge on any atom is 0.263 e. The van der Waals surface area contributed by atoms with Crippen LogP contribution >= 0.6 is 47.2 Å². The Balaban J connectivity index is 1.72. The van der Waals surface area contributed by atoms with E-state index in [4.69, 9.17) is 40.2 Å².